The van der Waals surface area contributed by atoms with E-state index in [1.165, 1.54) is 6.07 Å². The molecule has 0 spiro atoms. The van der Waals surface area contributed by atoms with E-state index in [4.69, 9.17) is 28.9 Å². The summed E-state index contributed by atoms with van der Waals surface area (Å²) in [6.45, 7) is 0. The van der Waals surface area contributed by atoms with E-state index >= 15 is 0 Å². The van der Waals surface area contributed by atoms with Gasteiger partial charge in [0.25, 0.3) is 0 Å². The largest absolute Gasteiger partial charge is 0.327 e. The molecule has 0 saturated heterocycles. The van der Waals surface area contributed by atoms with Crippen LogP contribution >= 0.6 is 23.2 Å². The van der Waals surface area contributed by atoms with E-state index in [1.807, 2.05) is 24.3 Å². The normalized spacial score (nSPS) is 12.4. The van der Waals surface area contributed by atoms with Gasteiger partial charge in [-0.3, -0.25) is 0 Å². The van der Waals surface area contributed by atoms with Crippen molar-refractivity contribution in [2.75, 3.05) is 0 Å². The number of hydrogen-bond donors (Lipinski definition) is 1. The molecular weight excluding hydrogens is 284 g/mol. The third-order valence-electron chi connectivity index (χ3n) is 2.91. The van der Waals surface area contributed by atoms with Gasteiger partial charge in [-0.2, -0.15) is 0 Å². The van der Waals surface area contributed by atoms with Crippen molar-refractivity contribution in [3.63, 3.8) is 0 Å². The topological polar surface area (TPSA) is 26.0 Å². The number of halogens is 3. The Hall–Kier alpha value is -1.09. The predicted molar refractivity (Wildman–Crippen MR) is 78.2 cm³/mol. The average molecular weight is 298 g/mol. The highest BCUT2D eigenvalue weighted by Crippen LogP contribution is 2.17. The zero-order chi connectivity index (χ0) is 13.8. The summed E-state index contributed by atoms with van der Waals surface area (Å²) in [5.41, 5.74) is 7.73. The van der Waals surface area contributed by atoms with Crippen molar-refractivity contribution < 1.29 is 4.39 Å². The van der Waals surface area contributed by atoms with Gasteiger partial charge in [-0.05, 0) is 48.2 Å². The first-order valence-corrected chi connectivity index (χ1v) is 6.74. The van der Waals surface area contributed by atoms with Crippen LogP contribution in [0.2, 0.25) is 10.0 Å². The zero-order valence-corrected chi connectivity index (χ0v) is 11.8. The molecule has 0 fully saturated rings. The third-order valence-corrected chi connectivity index (χ3v) is 3.40. The Labute approximate surface area is 122 Å². The van der Waals surface area contributed by atoms with Gasteiger partial charge in [0.1, 0.15) is 5.82 Å². The number of nitrogens with two attached hydrogens (primary N) is 1. The predicted octanol–water partition coefficient (Wildman–Crippen LogP) is 4.25. The molecule has 0 bridgehead atoms. The summed E-state index contributed by atoms with van der Waals surface area (Å²) < 4.78 is 13.6. The fourth-order valence-electron chi connectivity index (χ4n) is 1.97. The second-order valence-electron chi connectivity index (χ2n) is 4.53. The van der Waals surface area contributed by atoms with Crippen LogP contribution in [0.5, 0.6) is 0 Å². The standard InChI is InChI=1S/C15H14Cl2FN/c16-12-4-1-10(2-5-12)7-14(19)8-11-3-6-13(17)9-15(11)18/h1-6,9,14H,7-8,19H2. The summed E-state index contributed by atoms with van der Waals surface area (Å²) in [5, 5.41) is 1.09. The van der Waals surface area contributed by atoms with Gasteiger partial charge in [0.15, 0.2) is 0 Å². The summed E-state index contributed by atoms with van der Waals surface area (Å²) in [6.07, 6.45) is 1.16. The van der Waals surface area contributed by atoms with Gasteiger partial charge in [-0.15, -0.1) is 0 Å². The van der Waals surface area contributed by atoms with E-state index in [2.05, 4.69) is 0 Å². The van der Waals surface area contributed by atoms with Crippen LogP contribution in [0.4, 0.5) is 4.39 Å². The van der Waals surface area contributed by atoms with Gasteiger partial charge >= 0.3 is 0 Å². The summed E-state index contributed by atoms with van der Waals surface area (Å²) in [4.78, 5) is 0. The molecule has 2 N–H and O–H groups in total. The van der Waals surface area contributed by atoms with Gasteiger partial charge in [-0.1, -0.05) is 41.4 Å². The Morgan fingerprint density at radius 2 is 1.58 bits per heavy atom. The number of benzene rings is 2. The van der Waals surface area contributed by atoms with Crippen LogP contribution < -0.4 is 5.73 Å². The number of hydrogen-bond acceptors (Lipinski definition) is 1. The first kappa shape index (κ1) is 14.3. The molecule has 2 aromatic carbocycles. The monoisotopic (exact) mass is 297 g/mol. The SMILES string of the molecule is NC(Cc1ccc(Cl)cc1)Cc1ccc(Cl)cc1F. The quantitative estimate of drug-likeness (QED) is 0.897. The summed E-state index contributed by atoms with van der Waals surface area (Å²) >= 11 is 11.5. The second kappa shape index (κ2) is 6.38. The molecule has 100 valence electrons. The first-order valence-electron chi connectivity index (χ1n) is 5.98. The summed E-state index contributed by atoms with van der Waals surface area (Å²) in [7, 11) is 0. The van der Waals surface area contributed by atoms with Crippen molar-refractivity contribution in [1.82, 2.24) is 0 Å². The highest BCUT2D eigenvalue weighted by atomic mass is 35.5. The molecule has 0 aliphatic carbocycles. The maximum atomic E-state index is 13.6. The van der Waals surface area contributed by atoms with Gasteiger partial charge < -0.3 is 5.73 Å². The van der Waals surface area contributed by atoms with Crippen LogP contribution in [0.3, 0.4) is 0 Å². The van der Waals surface area contributed by atoms with E-state index < -0.39 is 0 Å². The van der Waals surface area contributed by atoms with Crippen molar-refractivity contribution in [2.24, 2.45) is 5.73 Å². The lowest BCUT2D eigenvalue weighted by Gasteiger charge is -2.12. The highest BCUT2D eigenvalue weighted by molar-refractivity contribution is 6.30. The van der Waals surface area contributed by atoms with E-state index in [9.17, 15) is 4.39 Å². The van der Waals surface area contributed by atoms with Crippen LogP contribution in [-0.2, 0) is 12.8 Å². The van der Waals surface area contributed by atoms with Gasteiger partial charge in [0.2, 0.25) is 0 Å². The number of rotatable bonds is 4. The summed E-state index contributed by atoms with van der Waals surface area (Å²) in [5.74, 6) is -0.306. The van der Waals surface area contributed by atoms with Crippen LogP contribution in [-0.4, -0.2) is 6.04 Å². The van der Waals surface area contributed by atoms with Gasteiger partial charge in [-0.25, -0.2) is 4.39 Å². The molecule has 0 aliphatic rings. The zero-order valence-electron chi connectivity index (χ0n) is 10.2. The molecule has 1 atom stereocenters. The molecule has 19 heavy (non-hydrogen) atoms. The van der Waals surface area contributed by atoms with Crippen molar-refractivity contribution in [1.29, 1.82) is 0 Å². The van der Waals surface area contributed by atoms with Crippen LogP contribution in [0, 0.1) is 5.82 Å². The molecule has 0 aromatic heterocycles. The Morgan fingerprint density at radius 1 is 0.947 bits per heavy atom. The molecule has 2 rings (SSSR count). The minimum atomic E-state index is -0.306. The lowest BCUT2D eigenvalue weighted by atomic mass is 9.99. The van der Waals surface area contributed by atoms with E-state index in [0.717, 1.165) is 5.56 Å². The van der Waals surface area contributed by atoms with Crippen LogP contribution in [0.25, 0.3) is 0 Å². The maximum absolute atomic E-state index is 13.6. The second-order valence-corrected chi connectivity index (χ2v) is 5.40. The Balaban J connectivity index is 2.01. The molecule has 1 nitrogen and oxygen atoms in total. The van der Waals surface area contributed by atoms with Gasteiger partial charge in [0.05, 0.1) is 0 Å². The molecule has 0 saturated carbocycles. The molecule has 0 radical (unpaired) electrons. The highest BCUT2D eigenvalue weighted by Gasteiger charge is 2.09. The molecule has 4 heteroatoms. The average Bonchev–Trinajstić information content (AvgIpc) is 2.36. The molecule has 2 aromatic rings. The van der Waals surface area contributed by atoms with Crippen molar-refractivity contribution >= 4 is 23.2 Å². The third kappa shape index (κ3) is 4.20. The van der Waals surface area contributed by atoms with E-state index in [0.29, 0.717) is 28.5 Å². The molecule has 1 unspecified atom stereocenters. The molecule has 0 aliphatic heterocycles. The minimum absolute atomic E-state index is 0.142. The summed E-state index contributed by atoms with van der Waals surface area (Å²) in [6, 6.07) is 12.0. The molecule has 0 amide bonds. The van der Waals surface area contributed by atoms with Crippen molar-refractivity contribution in [3.05, 3.63) is 69.5 Å². The lowest BCUT2D eigenvalue weighted by Crippen LogP contribution is -2.26. The van der Waals surface area contributed by atoms with Crippen LogP contribution in [0.15, 0.2) is 42.5 Å². The molecular formula is C15H14Cl2FN. The van der Waals surface area contributed by atoms with Crippen molar-refractivity contribution in [2.45, 2.75) is 18.9 Å². The van der Waals surface area contributed by atoms with E-state index in [1.54, 1.807) is 12.1 Å². The fraction of sp³-hybridized carbons (Fsp3) is 0.200. The Kier molecular flexibility index (Phi) is 4.81. The minimum Gasteiger partial charge on any atom is -0.327 e. The smallest absolute Gasteiger partial charge is 0.127 e. The molecule has 0 heterocycles. The fourth-order valence-corrected chi connectivity index (χ4v) is 2.25. The Morgan fingerprint density at radius 3 is 2.21 bits per heavy atom. The first-order chi connectivity index (χ1) is 9.04. The van der Waals surface area contributed by atoms with Crippen molar-refractivity contribution in [3.8, 4) is 0 Å². The van der Waals surface area contributed by atoms with Gasteiger partial charge in [0, 0.05) is 16.1 Å². The maximum Gasteiger partial charge on any atom is 0.127 e. The van der Waals surface area contributed by atoms with Crippen LogP contribution in [0.1, 0.15) is 11.1 Å². The van der Waals surface area contributed by atoms with E-state index in [-0.39, 0.29) is 11.9 Å². The Bertz CT molecular complexity index is 555. The lowest BCUT2D eigenvalue weighted by molar-refractivity contribution is 0.584.